The quantitative estimate of drug-likeness (QED) is 0.493. The summed E-state index contributed by atoms with van der Waals surface area (Å²) in [6.07, 6.45) is -0.583. The van der Waals surface area contributed by atoms with E-state index in [-0.39, 0.29) is 0 Å². The lowest BCUT2D eigenvalue weighted by Gasteiger charge is -1.60. The summed E-state index contributed by atoms with van der Waals surface area (Å²) >= 11 is 0. The van der Waals surface area contributed by atoms with E-state index >= 15 is 0 Å². The fourth-order valence-corrected chi connectivity index (χ4v) is 0. The lowest BCUT2D eigenvalue weighted by molar-refractivity contribution is 0.137. The highest BCUT2D eigenvalue weighted by Crippen LogP contribution is 1.56. The summed E-state index contributed by atoms with van der Waals surface area (Å²) in [7, 11) is 0. The summed E-state index contributed by atoms with van der Waals surface area (Å²) < 4.78 is 0. The molecule has 0 atom stereocenters. The summed E-state index contributed by atoms with van der Waals surface area (Å²) in [5.74, 6) is 0. The molecule has 0 bridgehead atoms. The minimum absolute atomic E-state index is 1.25. The normalized spacial score (nSPS) is 6.00. The molecule has 0 fully saturated rings. The van der Waals surface area contributed by atoms with E-state index in [1.807, 2.05) is 0 Å². The smallest absolute Gasteiger partial charge is 0.450 e. The van der Waals surface area contributed by atoms with Gasteiger partial charge in [0.05, 0.1) is 0 Å². The molecule has 0 aromatic heterocycles. The van der Waals surface area contributed by atoms with Crippen molar-refractivity contribution in [1.29, 1.82) is 0 Å². The molecule has 0 aromatic rings. The molecule has 3 heteroatoms. The highest BCUT2D eigenvalue weighted by molar-refractivity contribution is 5.53. The predicted molar refractivity (Wildman–Crippen MR) is 26.6 cm³/mol. The largest absolute Gasteiger partial charge is 0.503 e. The molecular weight excluding hydrogens is 96.0 g/mol. The topological polar surface area (TPSA) is 57.5 Å². The zero-order chi connectivity index (χ0) is 6.28. The second kappa shape index (κ2) is 8.99. The van der Waals surface area contributed by atoms with Gasteiger partial charge in [-0.2, -0.15) is 0 Å². The van der Waals surface area contributed by atoms with E-state index in [1.54, 1.807) is 0 Å². The van der Waals surface area contributed by atoms with Crippen LogP contribution >= 0.6 is 0 Å². The Balaban J connectivity index is 0. The highest BCUT2D eigenvalue weighted by Gasteiger charge is 1.70. The standard InChI is InChI=1S/C3H8.CH2O3/c1-3-2;2-1(3)4/h3H2,1-2H3;(H2,2,3,4). The maximum absolute atomic E-state index is 8.56. The highest BCUT2D eigenvalue weighted by atomic mass is 16.6. The van der Waals surface area contributed by atoms with E-state index in [1.165, 1.54) is 6.42 Å². The summed E-state index contributed by atoms with van der Waals surface area (Å²) in [5, 5.41) is 13.9. The van der Waals surface area contributed by atoms with Gasteiger partial charge in [-0.1, -0.05) is 20.3 Å². The van der Waals surface area contributed by atoms with Gasteiger partial charge in [-0.25, -0.2) is 4.79 Å². The van der Waals surface area contributed by atoms with E-state index < -0.39 is 6.16 Å². The van der Waals surface area contributed by atoms with Crippen LogP contribution in [0.1, 0.15) is 20.3 Å². The van der Waals surface area contributed by atoms with Crippen LogP contribution in [-0.4, -0.2) is 16.4 Å². The van der Waals surface area contributed by atoms with Crippen molar-refractivity contribution in [1.82, 2.24) is 0 Å². The van der Waals surface area contributed by atoms with Gasteiger partial charge in [-0.3, -0.25) is 0 Å². The van der Waals surface area contributed by atoms with E-state index in [0.29, 0.717) is 0 Å². The van der Waals surface area contributed by atoms with Crippen LogP contribution in [-0.2, 0) is 0 Å². The van der Waals surface area contributed by atoms with E-state index in [9.17, 15) is 0 Å². The Morgan fingerprint density at radius 3 is 1.43 bits per heavy atom. The first-order valence-corrected chi connectivity index (χ1v) is 2.07. The van der Waals surface area contributed by atoms with Gasteiger partial charge in [-0.05, 0) is 0 Å². The minimum Gasteiger partial charge on any atom is -0.450 e. The van der Waals surface area contributed by atoms with E-state index in [0.717, 1.165) is 0 Å². The Morgan fingerprint density at radius 2 is 1.43 bits per heavy atom. The third-order valence-corrected chi connectivity index (χ3v) is 0. The van der Waals surface area contributed by atoms with Gasteiger partial charge in [-0.15, -0.1) is 0 Å². The molecule has 0 aliphatic rings. The Hall–Kier alpha value is -0.730. The Kier molecular flexibility index (Phi) is 12.3. The van der Waals surface area contributed by atoms with Gasteiger partial charge < -0.3 is 10.2 Å². The average molecular weight is 106 g/mol. The molecule has 2 N–H and O–H groups in total. The first-order chi connectivity index (χ1) is 3.15. The fourth-order valence-electron chi connectivity index (χ4n) is 0. The molecule has 0 unspecified atom stereocenters. The van der Waals surface area contributed by atoms with Gasteiger partial charge in [0.15, 0.2) is 0 Å². The Bertz CT molecular complexity index is 38.2. The van der Waals surface area contributed by atoms with Crippen molar-refractivity contribution in [3.8, 4) is 0 Å². The molecule has 0 aliphatic carbocycles. The lowest BCUT2D eigenvalue weighted by Crippen LogP contribution is -1.81. The molecule has 0 saturated carbocycles. The van der Waals surface area contributed by atoms with Gasteiger partial charge >= 0.3 is 6.16 Å². The van der Waals surface area contributed by atoms with Crippen molar-refractivity contribution >= 4 is 6.16 Å². The molecule has 0 heterocycles. The number of hydrogen-bond acceptors (Lipinski definition) is 1. The molecule has 7 heavy (non-hydrogen) atoms. The molecule has 0 aliphatic heterocycles. The van der Waals surface area contributed by atoms with E-state index in [2.05, 4.69) is 13.8 Å². The SMILES string of the molecule is CCC.O=C(O)O. The molecule has 44 valence electrons. The van der Waals surface area contributed by atoms with Gasteiger partial charge in [0, 0.05) is 0 Å². The van der Waals surface area contributed by atoms with Crippen molar-refractivity contribution < 1.29 is 15.0 Å². The Morgan fingerprint density at radius 1 is 1.43 bits per heavy atom. The summed E-state index contributed by atoms with van der Waals surface area (Å²) in [6.45, 7) is 4.25. The molecule has 0 spiro atoms. The predicted octanol–water partition coefficient (Wildman–Crippen LogP) is 1.64. The lowest BCUT2D eigenvalue weighted by atomic mass is 10.6. The van der Waals surface area contributed by atoms with Gasteiger partial charge in [0.2, 0.25) is 0 Å². The van der Waals surface area contributed by atoms with Gasteiger partial charge in [0.25, 0.3) is 0 Å². The van der Waals surface area contributed by atoms with Gasteiger partial charge in [0.1, 0.15) is 0 Å². The zero-order valence-electron chi connectivity index (χ0n) is 4.51. The van der Waals surface area contributed by atoms with Crippen LogP contribution in [0.25, 0.3) is 0 Å². The zero-order valence-corrected chi connectivity index (χ0v) is 4.51. The number of rotatable bonds is 0. The second-order valence-corrected chi connectivity index (χ2v) is 0.990. The maximum atomic E-state index is 8.56. The summed E-state index contributed by atoms with van der Waals surface area (Å²) in [4.78, 5) is 8.56. The Labute approximate surface area is 42.6 Å². The monoisotopic (exact) mass is 106 g/mol. The molecule has 3 nitrogen and oxygen atoms in total. The van der Waals surface area contributed by atoms with Crippen molar-refractivity contribution in [2.45, 2.75) is 20.3 Å². The molecule has 0 radical (unpaired) electrons. The molecular formula is C4H10O3. The van der Waals surface area contributed by atoms with Crippen LogP contribution in [0, 0.1) is 0 Å². The second-order valence-electron chi connectivity index (χ2n) is 0.990. The van der Waals surface area contributed by atoms with Crippen LogP contribution in [0.3, 0.4) is 0 Å². The van der Waals surface area contributed by atoms with Crippen molar-refractivity contribution in [3.05, 3.63) is 0 Å². The average Bonchev–Trinajstić information content (AvgIpc) is 1.33. The molecule has 0 aromatic carbocycles. The minimum atomic E-state index is -1.83. The summed E-state index contributed by atoms with van der Waals surface area (Å²) in [6, 6.07) is 0. The first-order valence-electron chi connectivity index (χ1n) is 2.07. The number of hydrogen-bond donors (Lipinski definition) is 2. The van der Waals surface area contributed by atoms with Crippen molar-refractivity contribution in [2.75, 3.05) is 0 Å². The molecule has 0 saturated heterocycles. The van der Waals surface area contributed by atoms with Crippen molar-refractivity contribution in [3.63, 3.8) is 0 Å². The molecule has 0 rings (SSSR count). The van der Waals surface area contributed by atoms with Crippen molar-refractivity contribution in [2.24, 2.45) is 0 Å². The van der Waals surface area contributed by atoms with Crippen LogP contribution in [0.5, 0.6) is 0 Å². The van der Waals surface area contributed by atoms with Crippen LogP contribution in [0.2, 0.25) is 0 Å². The molecule has 0 amide bonds. The summed E-state index contributed by atoms with van der Waals surface area (Å²) in [5.41, 5.74) is 0. The third kappa shape index (κ3) is 106. The van der Waals surface area contributed by atoms with Crippen LogP contribution < -0.4 is 0 Å². The fraction of sp³-hybridized carbons (Fsp3) is 0.750. The first kappa shape index (κ1) is 9.55. The maximum Gasteiger partial charge on any atom is 0.503 e. The third-order valence-electron chi connectivity index (χ3n) is 0. The van der Waals surface area contributed by atoms with E-state index in [4.69, 9.17) is 15.0 Å². The van der Waals surface area contributed by atoms with Crippen LogP contribution in [0.15, 0.2) is 0 Å². The number of carboxylic acid groups (broad SMARTS) is 2. The number of carbonyl (C=O) groups is 1. The van der Waals surface area contributed by atoms with Crippen LogP contribution in [0.4, 0.5) is 4.79 Å².